The molecule has 0 aliphatic rings. The van der Waals surface area contributed by atoms with E-state index in [9.17, 15) is 22.8 Å². The fraction of sp³-hybridized carbons (Fsp3) is 0.231. The maximum absolute atomic E-state index is 12.4. The highest BCUT2D eigenvalue weighted by Gasteiger charge is 2.30. The van der Waals surface area contributed by atoms with Crippen LogP contribution in [0.15, 0.2) is 30.3 Å². The van der Waals surface area contributed by atoms with Crippen LogP contribution < -0.4 is 0 Å². The summed E-state index contributed by atoms with van der Waals surface area (Å²) in [6.45, 7) is 1.27. The van der Waals surface area contributed by atoms with Gasteiger partial charge in [0.05, 0.1) is 12.0 Å². The minimum absolute atomic E-state index is 0.241. The van der Waals surface area contributed by atoms with E-state index in [1.165, 1.54) is 25.1 Å². The number of hydrogen-bond donors (Lipinski definition) is 0. The van der Waals surface area contributed by atoms with Crippen LogP contribution in [0.3, 0.4) is 0 Å². The van der Waals surface area contributed by atoms with E-state index in [-0.39, 0.29) is 17.8 Å². The van der Waals surface area contributed by atoms with Crippen molar-refractivity contribution in [2.45, 2.75) is 19.5 Å². The second-order valence-corrected chi connectivity index (χ2v) is 3.80. The molecule has 0 heterocycles. The van der Waals surface area contributed by atoms with Gasteiger partial charge in [-0.05, 0) is 30.7 Å². The summed E-state index contributed by atoms with van der Waals surface area (Å²) in [6, 6.07) is 4.61. The maximum atomic E-state index is 12.4. The van der Waals surface area contributed by atoms with Crippen molar-refractivity contribution in [1.29, 1.82) is 0 Å². The molecule has 96 valence electrons. The first-order valence-electron chi connectivity index (χ1n) is 5.16. The van der Waals surface area contributed by atoms with Crippen molar-refractivity contribution in [3.8, 4) is 0 Å². The highest BCUT2D eigenvalue weighted by Crippen LogP contribution is 2.29. The Morgan fingerprint density at radius 2 is 1.94 bits per heavy atom. The van der Waals surface area contributed by atoms with Crippen molar-refractivity contribution in [2.24, 2.45) is 0 Å². The summed E-state index contributed by atoms with van der Waals surface area (Å²) in [4.78, 5) is 21.8. The van der Waals surface area contributed by atoms with E-state index in [2.05, 4.69) is 0 Å². The van der Waals surface area contributed by atoms with E-state index in [4.69, 9.17) is 0 Å². The number of halogens is 3. The lowest BCUT2D eigenvalue weighted by molar-refractivity contribution is -0.137. The molecule has 5 heteroatoms. The van der Waals surface area contributed by atoms with Gasteiger partial charge in [-0.25, -0.2) is 0 Å². The molecule has 18 heavy (non-hydrogen) atoms. The van der Waals surface area contributed by atoms with E-state index in [1.807, 2.05) is 0 Å². The largest absolute Gasteiger partial charge is 0.416 e. The lowest BCUT2D eigenvalue weighted by atomic mass is 10.1. The number of allylic oxidation sites excluding steroid dienone is 1. The fourth-order valence-corrected chi connectivity index (χ4v) is 1.31. The molecule has 0 aliphatic carbocycles. The van der Waals surface area contributed by atoms with Gasteiger partial charge < -0.3 is 0 Å². The Balaban J connectivity index is 2.83. The molecule has 1 aromatic carbocycles. The Bertz CT molecular complexity index is 487. The molecule has 0 radical (unpaired) electrons. The molecule has 2 nitrogen and oxygen atoms in total. The molecule has 0 saturated carbocycles. The van der Waals surface area contributed by atoms with Crippen molar-refractivity contribution < 1.29 is 22.8 Å². The zero-order chi connectivity index (χ0) is 13.8. The van der Waals surface area contributed by atoms with E-state index in [0.29, 0.717) is 0 Å². The van der Waals surface area contributed by atoms with Gasteiger partial charge in [0, 0.05) is 0 Å². The molecule has 0 atom stereocenters. The lowest BCUT2D eigenvalue weighted by Gasteiger charge is -2.06. The maximum Gasteiger partial charge on any atom is 0.416 e. The summed E-state index contributed by atoms with van der Waals surface area (Å²) < 4.78 is 37.2. The highest BCUT2D eigenvalue weighted by molar-refractivity contribution is 6.05. The van der Waals surface area contributed by atoms with Crippen LogP contribution >= 0.6 is 0 Å². The first kappa shape index (κ1) is 14.2. The third-order valence-electron chi connectivity index (χ3n) is 2.10. The molecule has 0 saturated heterocycles. The van der Waals surface area contributed by atoms with Gasteiger partial charge in [0.1, 0.15) is 5.78 Å². The van der Waals surface area contributed by atoms with Crippen LogP contribution in [-0.2, 0) is 15.8 Å². The summed E-state index contributed by atoms with van der Waals surface area (Å²) in [6.07, 6.45) is -2.28. The average Bonchev–Trinajstić information content (AvgIpc) is 2.25. The second-order valence-electron chi connectivity index (χ2n) is 3.80. The van der Waals surface area contributed by atoms with Crippen molar-refractivity contribution in [3.63, 3.8) is 0 Å². The van der Waals surface area contributed by atoms with E-state index < -0.39 is 17.5 Å². The van der Waals surface area contributed by atoms with Gasteiger partial charge >= 0.3 is 6.18 Å². The second kappa shape index (κ2) is 5.62. The number of hydrogen-bond acceptors (Lipinski definition) is 2. The van der Waals surface area contributed by atoms with Gasteiger partial charge in [-0.15, -0.1) is 0 Å². The summed E-state index contributed by atoms with van der Waals surface area (Å²) in [5.74, 6) is -0.714. The van der Waals surface area contributed by atoms with Crippen LogP contribution in [0.5, 0.6) is 0 Å². The Hall–Kier alpha value is -1.91. The first-order valence-corrected chi connectivity index (χ1v) is 5.16. The molecule has 0 aromatic heterocycles. The number of alkyl halides is 3. The number of Topliss-reactive ketones (excluding diaryl/α,β-unsaturated/α-hetero) is 1. The Morgan fingerprint density at radius 1 is 1.28 bits per heavy atom. The van der Waals surface area contributed by atoms with Crippen molar-refractivity contribution in [2.75, 3.05) is 0 Å². The normalized spacial score (nSPS) is 11.8. The number of benzene rings is 1. The van der Waals surface area contributed by atoms with Gasteiger partial charge in [0.25, 0.3) is 0 Å². The summed E-state index contributed by atoms with van der Waals surface area (Å²) in [5, 5.41) is 0. The molecule has 0 spiro atoms. The van der Waals surface area contributed by atoms with Gasteiger partial charge in [-0.2, -0.15) is 13.2 Å². The quantitative estimate of drug-likeness (QED) is 0.612. The van der Waals surface area contributed by atoms with Crippen LogP contribution in [0.4, 0.5) is 13.2 Å². The Kier molecular flexibility index (Phi) is 4.42. The standard InChI is InChI=1S/C13H11F3O2/c1-9(17)7-12(18)6-5-10-3-2-4-11(8-10)13(14,15)16/h2-6,8H,7H2,1H3. The van der Waals surface area contributed by atoms with Gasteiger partial charge in [-0.1, -0.05) is 18.2 Å². The molecule has 1 rings (SSSR count). The molecule has 0 unspecified atom stereocenters. The topological polar surface area (TPSA) is 34.1 Å². The summed E-state index contributed by atoms with van der Waals surface area (Å²) in [5.41, 5.74) is -0.509. The highest BCUT2D eigenvalue weighted by atomic mass is 19.4. The van der Waals surface area contributed by atoms with Crippen molar-refractivity contribution in [3.05, 3.63) is 41.5 Å². The summed E-state index contributed by atoms with van der Waals surface area (Å²) >= 11 is 0. The van der Waals surface area contributed by atoms with Crippen molar-refractivity contribution >= 4 is 17.6 Å². The molecular weight excluding hydrogens is 245 g/mol. The lowest BCUT2D eigenvalue weighted by Crippen LogP contribution is -2.04. The number of ketones is 2. The molecule has 0 bridgehead atoms. The van der Waals surface area contributed by atoms with Crippen LogP contribution in [0.1, 0.15) is 24.5 Å². The molecule has 0 fully saturated rings. The monoisotopic (exact) mass is 256 g/mol. The van der Waals surface area contributed by atoms with Gasteiger partial charge in [0.15, 0.2) is 5.78 Å². The minimum Gasteiger partial charge on any atom is -0.300 e. The third-order valence-corrected chi connectivity index (χ3v) is 2.10. The molecule has 0 N–H and O–H groups in total. The zero-order valence-corrected chi connectivity index (χ0v) is 9.62. The van der Waals surface area contributed by atoms with Crippen LogP contribution in [0.25, 0.3) is 6.08 Å². The van der Waals surface area contributed by atoms with Crippen molar-refractivity contribution in [1.82, 2.24) is 0 Å². The molecule has 0 aliphatic heterocycles. The van der Waals surface area contributed by atoms with Crippen LogP contribution in [0.2, 0.25) is 0 Å². The van der Waals surface area contributed by atoms with Crippen LogP contribution in [-0.4, -0.2) is 11.6 Å². The molecular formula is C13H11F3O2. The van der Waals surface area contributed by atoms with Crippen LogP contribution in [0, 0.1) is 0 Å². The van der Waals surface area contributed by atoms with E-state index >= 15 is 0 Å². The fourth-order valence-electron chi connectivity index (χ4n) is 1.31. The molecule has 0 amide bonds. The number of carbonyl (C=O) groups is 2. The molecule has 1 aromatic rings. The van der Waals surface area contributed by atoms with E-state index in [1.54, 1.807) is 0 Å². The SMILES string of the molecule is CC(=O)CC(=O)C=Cc1cccc(C(F)(F)F)c1. The predicted octanol–water partition coefficient (Wildman–Crippen LogP) is 3.27. The average molecular weight is 256 g/mol. The van der Waals surface area contributed by atoms with E-state index in [0.717, 1.165) is 18.2 Å². The zero-order valence-electron chi connectivity index (χ0n) is 9.62. The minimum atomic E-state index is -4.41. The first-order chi connectivity index (χ1) is 8.29. The Labute approximate surface area is 102 Å². The number of carbonyl (C=O) groups excluding carboxylic acids is 2. The Morgan fingerprint density at radius 3 is 2.50 bits per heavy atom. The van der Waals surface area contributed by atoms with Gasteiger partial charge in [-0.3, -0.25) is 9.59 Å². The predicted molar refractivity (Wildman–Crippen MR) is 60.8 cm³/mol. The smallest absolute Gasteiger partial charge is 0.300 e. The third kappa shape index (κ3) is 4.53. The summed E-state index contributed by atoms with van der Waals surface area (Å²) in [7, 11) is 0. The number of rotatable bonds is 4. The van der Waals surface area contributed by atoms with Gasteiger partial charge in [0.2, 0.25) is 0 Å².